The quantitative estimate of drug-likeness (QED) is 0.660. The van der Waals surface area contributed by atoms with Crippen LogP contribution < -0.4 is 5.73 Å². The van der Waals surface area contributed by atoms with E-state index in [2.05, 4.69) is 5.10 Å². The van der Waals surface area contributed by atoms with Gasteiger partial charge < -0.3 is 10.5 Å². The summed E-state index contributed by atoms with van der Waals surface area (Å²) in [4.78, 5) is 11.3. The van der Waals surface area contributed by atoms with E-state index in [1.165, 1.54) is 6.92 Å². The maximum absolute atomic E-state index is 11.3. The molecule has 0 radical (unpaired) electrons. The summed E-state index contributed by atoms with van der Waals surface area (Å²) < 4.78 is 7.32. The summed E-state index contributed by atoms with van der Waals surface area (Å²) in [5.74, 6) is -0.281. The van der Waals surface area contributed by atoms with E-state index in [4.69, 9.17) is 22.1 Å². The smallest absolute Gasteiger partial charge is 0.303 e. The molecule has 0 aliphatic carbocycles. The first-order chi connectivity index (χ1) is 11.1. The molecule has 1 aromatic heterocycles. The van der Waals surface area contributed by atoms with Crippen molar-refractivity contribution in [1.82, 2.24) is 9.78 Å². The summed E-state index contributed by atoms with van der Waals surface area (Å²) in [5.41, 5.74) is 9.83. The highest BCUT2D eigenvalue weighted by atomic mass is 35.5. The molecule has 130 valence electrons. The maximum Gasteiger partial charge on any atom is 0.303 e. The molecule has 24 heavy (non-hydrogen) atoms. The number of rotatable bonds is 5. The molecule has 0 bridgehead atoms. The molecule has 1 aromatic carbocycles. The van der Waals surface area contributed by atoms with Gasteiger partial charge in [0.05, 0.1) is 12.2 Å². The number of nitrogens with two attached hydrogens (primary N) is 1. The third-order valence-electron chi connectivity index (χ3n) is 3.95. The lowest BCUT2D eigenvalue weighted by molar-refractivity contribution is -0.153. The summed E-state index contributed by atoms with van der Waals surface area (Å²) in [7, 11) is 0. The Morgan fingerprint density at radius 1 is 1.38 bits per heavy atom. The van der Waals surface area contributed by atoms with Gasteiger partial charge in [-0.2, -0.15) is 5.10 Å². The molecule has 0 atom stereocenters. The van der Waals surface area contributed by atoms with Gasteiger partial charge in [0.15, 0.2) is 0 Å². The monoisotopic (exact) mass is 349 g/mol. The van der Waals surface area contributed by atoms with E-state index in [0.29, 0.717) is 23.7 Å². The fraction of sp³-hybridized carbons (Fsp3) is 0.444. The molecular weight excluding hydrogens is 326 g/mol. The predicted molar refractivity (Wildman–Crippen MR) is 96.2 cm³/mol. The topological polar surface area (TPSA) is 70.1 Å². The van der Waals surface area contributed by atoms with Crippen molar-refractivity contribution in [2.45, 2.75) is 53.2 Å². The third kappa shape index (κ3) is 4.29. The largest absolute Gasteiger partial charge is 0.459 e. The number of carbonyl (C=O) groups excluding carboxylic acids is 1. The summed E-state index contributed by atoms with van der Waals surface area (Å²) in [5, 5.41) is 5.25. The number of halogens is 1. The van der Waals surface area contributed by atoms with Gasteiger partial charge in [-0.3, -0.25) is 9.48 Å². The zero-order valence-electron chi connectivity index (χ0n) is 14.8. The van der Waals surface area contributed by atoms with Crippen molar-refractivity contribution in [2.75, 3.05) is 5.73 Å². The van der Waals surface area contributed by atoms with Crippen molar-refractivity contribution in [3.05, 3.63) is 45.7 Å². The zero-order chi connectivity index (χ0) is 18.1. The Morgan fingerprint density at radius 3 is 2.62 bits per heavy atom. The lowest BCUT2D eigenvalue weighted by Crippen LogP contribution is -2.30. The van der Waals surface area contributed by atoms with Crippen molar-refractivity contribution >= 4 is 23.3 Å². The van der Waals surface area contributed by atoms with Crippen molar-refractivity contribution in [1.29, 1.82) is 0 Å². The van der Waals surface area contributed by atoms with Gasteiger partial charge in [0.25, 0.3) is 0 Å². The normalized spacial score (nSPS) is 11.6. The molecule has 2 N–H and O–H groups in total. The first kappa shape index (κ1) is 18.3. The van der Waals surface area contributed by atoms with Gasteiger partial charge in [0.2, 0.25) is 0 Å². The average molecular weight is 350 g/mol. The van der Waals surface area contributed by atoms with E-state index >= 15 is 0 Å². The van der Waals surface area contributed by atoms with Crippen LogP contribution in [0.15, 0.2) is 18.2 Å². The second kappa shape index (κ2) is 6.85. The van der Waals surface area contributed by atoms with Crippen LogP contribution >= 0.6 is 11.6 Å². The van der Waals surface area contributed by atoms with Gasteiger partial charge in [-0.1, -0.05) is 17.7 Å². The Bertz CT molecular complexity index is 766. The minimum Gasteiger partial charge on any atom is -0.459 e. The average Bonchev–Trinajstić information content (AvgIpc) is 2.68. The first-order valence-electron chi connectivity index (χ1n) is 7.85. The van der Waals surface area contributed by atoms with Gasteiger partial charge in [-0.05, 0) is 51.0 Å². The highest BCUT2D eigenvalue weighted by Crippen LogP contribution is 2.25. The van der Waals surface area contributed by atoms with Gasteiger partial charge in [0, 0.05) is 29.7 Å². The lowest BCUT2D eigenvalue weighted by atomic mass is 9.97. The van der Waals surface area contributed by atoms with Crippen LogP contribution in [0.25, 0.3) is 0 Å². The summed E-state index contributed by atoms with van der Waals surface area (Å²) in [6.07, 6.45) is 0.611. The molecule has 2 rings (SSSR count). The Morgan fingerprint density at radius 2 is 2.04 bits per heavy atom. The number of benzene rings is 1. The Kier molecular flexibility index (Phi) is 5.23. The molecule has 0 fully saturated rings. The van der Waals surface area contributed by atoms with Crippen LogP contribution in [0, 0.1) is 13.8 Å². The number of ether oxygens (including phenoxy) is 1. The van der Waals surface area contributed by atoms with Crippen LogP contribution in [0.5, 0.6) is 0 Å². The van der Waals surface area contributed by atoms with Gasteiger partial charge >= 0.3 is 5.97 Å². The van der Waals surface area contributed by atoms with E-state index in [0.717, 1.165) is 22.5 Å². The molecule has 0 unspecified atom stereocenters. The zero-order valence-corrected chi connectivity index (χ0v) is 15.6. The number of carbonyl (C=O) groups is 1. The fourth-order valence-electron chi connectivity index (χ4n) is 2.85. The number of hydrogen-bond acceptors (Lipinski definition) is 4. The van der Waals surface area contributed by atoms with Crippen molar-refractivity contribution in [3.63, 3.8) is 0 Å². The fourth-order valence-corrected chi connectivity index (χ4v) is 3.10. The number of aryl methyl sites for hydroxylation is 1. The molecule has 0 aliphatic heterocycles. The van der Waals surface area contributed by atoms with Crippen LogP contribution in [0.3, 0.4) is 0 Å². The summed E-state index contributed by atoms with van der Waals surface area (Å²) in [6.45, 7) is 9.79. The number of hydrogen-bond donors (Lipinski definition) is 1. The SMILES string of the molecule is CC(=O)OC(C)(C)Cc1c(C)nn(Cc2ccc(N)cc2Cl)c1C. The van der Waals surface area contributed by atoms with Gasteiger partial charge in [0.1, 0.15) is 5.60 Å². The molecular formula is C18H24ClN3O2. The number of nitrogens with zero attached hydrogens (tertiary/aromatic N) is 2. The van der Waals surface area contributed by atoms with Gasteiger partial charge in [-0.15, -0.1) is 0 Å². The summed E-state index contributed by atoms with van der Waals surface area (Å²) in [6, 6.07) is 5.49. The summed E-state index contributed by atoms with van der Waals surface area (Å²) >= 11 is 6.26. The Hall–Kier alpha value is -2.01. The second-order valence-electron chi connectivity index (χ2n) is 6.69. The molecule has 0 saturated heterocycles. The molecule has 0 amide bonds. The molecule has 1 heterocycles. The Balaban J connectivity index is 2.27. The number of aromatic nitrogens is 2. The van der Waals surface area contributed by atoms with Gasteiger partial charge in [-0.25, -0.2) is 0 Å². The van der Waals surface area contributed by atoms with Crippen molar-refractivity contribution in [2.24, 2.45) is 0 Å². The van der Waals surface area contributed by atoms with E-state index in [9.17, 15) is 4.79 Å². The van der Waals surface area contributed by atoms with Crippen LogP contribution in [0.4, 0.5) is 5.69 Å². The molecule has 0 aliphatic rings. The van der Waals surface area contributed by atoms with E-state index in [1.54, 1.807) is 6.07 Å². The second-order valence-corrected chi connectivity index (χ2v) is 7.10. The van der Waals surface area contributed by atoms with Crippen LogP contribution in [0.2, 0.25) is 5.02 Å². The van der Waals surface area contributed by atoms with Crippen LogP contribution in [-0.2, 0) is 22.5 Å². The minimum atomic E-state index is -0.575. The molecule has 5 nitrogen and oxygen atoms in total. The molecule has 6 heteroatoms. The molecule has 2 aromatic rings. The van der Waals surface area contributed by atoms with E-state index < -0.39 is 5.60 Å². The number of anilines is 1. The van der Waals surface area contributed by atoms with Crippen molar-refractivity contribution < 1.29 is 9.53 Å². The van der Waals surface area contributed by atoms with Crippen LogP contribution in [-0.4, -0.2) is 21.4 Å². The van der Waals surface area contributed by atoms with E-state index in [1.807, 2.05) is 44.5 Å². The first-order valence-corrected chi connectivity index (χ1v) is 8.23. The van der Waals surface area contributed by atoms with Crippen LogP contribution in [0.1, 0.15) is 43.3 Å². The van der Waals surface area contributed by atoms with E-state index in [-0.39, 0.29) is 5.97 Å². The predicted octanol–water partition coefficient (Wildman–Crippen LogP) is 3.67. The third-order valence-corrected chi connectivity index (χ3v) is 4.30. The Labute approximate surface area is 147 Å². The molecule has 0 saturated carbocycles. The highest BCUT2D eigenvalue weighted by molar-refractivity contribution is 6.31. The number of esters is 1. The lowest BCUT2D eigenvalue weighted by Gasteiger charge is -2.24. The standard InChI is InChI=1S/C18H24ClN3O2/c1-11-16(9-18(4,5)24-13(3)23)12(2)22(21-11)10-14-6-7-15(20)8-17(14)19/h6-8H,9-10,20H2,1-5H3. The minimum absolute atomic E-state index is 0.281. The number of nitrogen functional groups attached to an aromatic ring is 1. The van der Waals surface area contributed by atoms with Crippen molar-refractivity contribution in [3.8, 4) is 0 Å². The highest BCUT2D eigenvalue weighted by Gasteiger charge is 2.25. The molecule has 0 spiro atoms. The maximum atomic E-state index is 11.3.